The van der Waals surface area contributed by atoms with Gasteiger partial charge in [0.25, 0.3) is 0 Å². The van der Waals surface area contributed by atoms with Gasteiger partial charge in [0.15, 0.2) is 0 Å². The van der Waals surface area contributed by atoms with Crippen molar-refractivity contribution in [3.8, 4) is 6.01 Å². The van der Waals surface area contributed by atoms with Gasteiger partial charge in [-0.15, -0.1) is 0 Å². The highest BCUT2D eigenvalue weighted by molar-refractivity contribution is 5.68. The van der Waals surface area contributed by atoms with Gasteiger partial charge >= 0.3 is 12.1 Å². The maximum absolute atomic E-state index is 12.0. The van der Waals surface area contributed by atoms with Crippen LogP contribution in [0.2, 0.25) is 0 Å². The zero-order valence-electron chi connectivity index (χ0n) is 14.0. The van der Waals surface area contributed by atoms with E-state index in [1.807, 2.05) is 40.7 Å². The molecule has 2 rings (SSSR count). The van der Waals surface area contributed by atoms with E-state index < -0.39 is 5.60 Å². The van der Waals surface area contributed by atoms with Crippen LogP contribution >= 0.6 is 0 Å². The van der Waals surface area contributed by atoms with Crippen LogP contribution in [0.3, 0.4) is 0 Å². The number of carbonyl (C=O) groups excluding carboxylic acids is 1. The number of aromatic nitrogens is 2. The van der Waals surface area contributed by atoms with Crippen molar-refractivity contribution in [3.05, 3.63) is 17.5 Å². The molecule has 1 aromatic rings. The summed E-state index contributed by atoms with van der Waals surface area (Å²) in [4.78, 5) is 22.3. The molecule has 1 fully saturated rings. The number of nitrogens with zero attached hydrogens (tertiary/aromatic N) is 3. The third-order valence-corrected chi connectivity index (χ3v) is 3.33. The first kappa shape index (κ1) is 16.5. The summed E-state index contributed by atoms with van der Waals surface area (Å²) in [6, 6.07) is 2.34. The Morgan fingerprint density at radius 2 is 1.73 bits per heavy atom. The van der Waals surface area contributed by atoms with E-state index in [1.165, 1.54) is 0 Å². The summed E-state index contributed by atoms with van der Waals surface area (Å²) in [7, 11) is 0. The molecule has 0 atom stereocenters. The normalized spacial score (nSPS) is 16.5. The molecule has 2 heterocycles. The maximum Gasteiger partial charge on any atom is 0.410 e. The lowest BCUT2D eigenvalue weighted by atomic mass is 10.1. The molecule has 1 aliphatic rings. The van der Waals surface area contributed by atoms with Crippen LogP contribution in [0.5, 0.6) is 6.01 Å². The number of amides is 1. The van der Waals surface area contributed by atoms with Gasteiger partial charge in [0.2, 0.25) is 0 Å². The Morgan fingerprint density at radius 1 is 1.18 bits per heavy atom. The first-order valence-electron chi connectivity index (χ1n) is 7.70. The van der Waals surface area contributed by atoms with E-state index in [-0.39, 0.29) is 12.2 Å². The van der Waals surface area contributed by atoms with Crippen molar-refractivity contribution >= 4 is 6.09 Å². The molecular weight excluding hydrogens is 282 g/mol. The van der Waals surface area contributed by atoms with E-state index in [0.29, 0.717) is 19.1 Å². The molecule has 0 radical (unpaired) electrons. The second-order valence-corrected chi connectivity index (χ2v) is 6.72. The molecule has 6 nitrogen and oxygen atoms in total. The summed E-state index contributed by atoms with van der Waals surface area (Å²) in [5, 5.41) is 0. The van der Waals surface area contributed by atoms with Crippen molar-refractivity contribution in [1.82, 2.24) is 14.9 Å². The van der Waals surface area contributed by atoms with Gasteiger partial charge in [0, 0.05) is 37.3 Å². The SMILES string of the molecule is Cc1cc(C)nc(OC2CCN(C(=O)OC(C)(C)C)CC2)n1. The van der Waals surface area contributed by atoms with Gasteiger partial charge in [-0.3, -0.25) is 0 Å². The zero-order chi connectivity index (χ0) is 16.3. The predicted octanol–water partition coefficient (Wildman–Crippen LogP) is 2.87. The number of ether oxygens (including phenoxy) is 2. The van der Waals surface area contributed by atoms with Crippen LogP contribution in [0.15, 0.2) is 6.07 Å². The Bertz CT molecular complexity index is 512. The van der Waals surface area contributed by atoms with E-state index in [4.69, 9.17) is 9.47 Å². The van der Waals surface area contributed by atoms with Crippen molar-refractivity contribution in [1.29, 1.82) is 0 Å². The molecular formula is C16H25N3O3. The molecule has 0 aliphatic carbocycles. The summed E-state index contributed by atoms with van der Waals surface area (Å²) >= 11 is 0. The van der Waals surface area contributed by atoms with Crippen molar-refractivity contribution in [2.75, 3.05) is 13.1 Å². The minimum absolute atomic E-state index is 0.0416. The molecule has 0 unspecified atom stereocenters. The third kappa shape index (κ3) is 4.86. The van der Waals surface area contributed by atoms with Crippen LogP contribution < -0.4 is 4.74 Å². The molecule has 22 heavy (non-hydrogen) atoms. The highest BCUT2D eigenvalue weighted by Gasteiger charge is 2.28. The topological polar surface area (TPSA) is 64.5 Å². The second kappa shape index (κ2) is 6.50. The first-order chi connectivity index (χ1) is 10.2. The molecule has 1 saturated heterocycles. The third-order valence-electron chi connectivity index (χ3n) is 3.33. The van der Waals surface area contributed by atoms with Crippen molar-refractivity contribution in [3.63, 3.8) is 0 Å². The lowest BCUT2D eigenvalue weighted by molar-refractivity contribution is 0.0119. The minimum atomic E-state index is -0.461. The average molecular weight is 307 g/mol. The first-order valence-corrected chi connectivity index (χ1v) is 7.70. The summed E-state index contributed by atoms with van der Waals surface area (Å²) < 4.78 is 11.2. The van der Waals surface area contributed by atoms with Crippen LogP contribution in [-0.2, 0) is 4.74 Å². The Morgan fingerprint density at radius 3 is 2.23 bits per heavy atom. The molecule has 1 aliphatic heterocycles. The standard InChI is InChI=1S/C16H25N3O3/c1-11-10-12(2)18-14(17-11)21-13-6-8-19(9-7-13)15(20)22-16(3,4)5/h10,13H,6-9H2,1-5H3. The molecule has 0 spiro atoms. The lowest BCUT2D eigenvalue weighted by Gasteiger charge is -2.33. The molecule has 6 heteroatoms. The lowest BCUT2D eigenvalue weighted by Crippen LogP contribution is -2.44. The summed E-state index contributed by atoms with van der Waals surface area (Å²) in [5.74, 6) is 0. The van der Waals surface area contributed by atoms with Gasteiger partial charge < -0.3 is 14.4 Å². The van der Waals surface area contributed by atoms with Gasteiger partial charge in [0.05, 0.1) is 0 Å². The molecule has 0 bridgehead atoms. The highest BCUT2D eigenvalue weighted by atomic mass is 16.6. The van der Waals surface area contributed by atoms with E-state index in [0.717, 1.165) is 24.2 Å². The molecule has 0 saturated carbocycles. The summed E-state index contributed by atoms with van der Waals surface area (Å²) in [5.41, 5.74) is 1.33. The molecule has 0 aromatic carbocycles. The van der Waals surface area contributed by atoms with E-state index in [9.17, 15) is 4.79 Å². The van der Waals surface area contributed by atoms with E-state index in [1.54, 1.807) is 4.90 Å². The fraction of sp³-hybridized carbons (Fsp3) is 0.688. The Hall–Kier alpha value is -1.85. The number of carbonyl (C=O) groups is 1. The number of piperidine rings is 1. The molecule has 0 N–H and O–H groups in total. The van der Waals surface area contributed by atoms with Crippen LogP contribution in [0, 0.1) is 13.8 Å². The van der Waals surface area contributed by atoms with Crippen LogP contribution in [-0.4, -0.2) is 45.8 Å². The fourth-order valence-electron chi connectivity index (χ4n) is 2.38. The molecule has 1 amide bonds. The van der Waals surface area contributed by atoms with E-state index >= 15 is 0 Å². The number of hydrogen-bond acceptors (Lipinski definition) is 5. The van der Waals surface area contributed by atoms with Gasteiger partial charge in [-0.2, -0.15) is 0 Å². The second-order valence-electron chi connectivity index (χ2n) is 6.72. The fourth-order valence-corrected chi connectivity index (χ4v) is 2.38. The Labute approximate surface area is 131 Å². The number of hydrogen-bond donors (Lipinski definition) is 0. The minimum Gasteiger partial charge on any atom is -0.460 e. The van der Waals surface area contributed by atoms with Crippen molar-refractivity contribution < 1.29 is 14.3 Å². The Balaban J connectivity index is 1.86. The number of rotatable bonds is 2. The van der Waals surface area contributed by atoms with Gasteiger partial charge in [-0.05, 0) is 40.7 Å². The largest absolute Gasteiger partial charge is 0.460 e. The van der Waals surface area contributed by atoms with Crippen LogP contribution in [0.1, 0.15) is 45.0 Å². The van der Waals surface area contributed by atoms with Crippen molar-refractivity contribution in [2.24, 2.45) is 0 Å². The van der Waals surface area contributed by atoms with Gasteiger partial charge in [-0.25, -0.2) is 14.8 Å². The maximum atomic E-state index is 12.0. The molecule has 1 aromatic heterocycles. The number of likely N-dealkylation sites (tertiary alicyclic amines) is 1. The van der Waals surface area contributed by atoms with Gasteiger partial charge in [-0.1, -0.05) is 0 Å². The van der Waals surface area contributed by atoms with Crippen LogP contribution in [0.25, 0.3) is 0 Å². The average Bonchev–Trinajstić information content (AvgIpc) is 2.36. The Kier molecular flexibility index (Phi) is 4.88. The van der Waals surface area contributed by atoms with Crippen molar-refractivity contribution in [2.45, 2.75) is 59.2 Å². The predicted molar refractivity (Wildman–Crippen MR) is 83.0 cm³/mol. The number of aryl methyl sites for hydroxylation is 2. The highest BCUT2D eigenvalue weighted by Crippen LogP contribution is 2.19. The summed E-state index contributed by atoms with van der Waals surface area (Å²) in [6.07, 6.45) is 1.30. The molecule has 122 valence electrons. The zero-order valence-corrected chi connectivity index (χ0v) is 14.0. The smallest absolute Gasteiger partial charge is 0.410 e. The van der Waals surface area contributed by atoms with E-state index in [2.05, 4.69) is 9.97 Å². The van der Waals surface area contributed by atoms with Gasteiger partial charge in [0.1, 0.15) is 11.7 Å². The van der Waals surface area contributed by atoms with Crippen LogP contribution in [0.4, 0.5) is 4.79 Å². The monoisotopic (exact) mass is 307 g/mol. The summed E-state index contributed by atoms with van der Waals surface area (Å²) in [6.45, 7) is 10.7. The quantitative estimate of drug-likeness (QED) is 0.840.